The van der Waals surface area contributed by atoms with E-state index in [1.165, 1.54) is 0 Å². The summed E-state index contributed by atoms with van der Waals surface area (Å²) in [6.07, 6.45) is 0. The van der Waals surface area contributed by atoms with E-state index in [0.717, 1.165) is 22.0 Å². The van der Waals surface area contributed by atoms with Crippen molar-refractivity contribution >= 4 is 11.3 Å². The predicted octanol–water partition coefficient (Wildman–Crippen LogP) is 3.48. The first-order valence-electron chi connectivity index (χ1n) is 6.00. The molecule has 0 bridgehead atoms. The van der Waals surface area contributed by atoms with E-state index in [4.69, 9.17) is 10.00 Å². The van der Waals surface area contributed by atoms with Crippen LogP contribution in [0.15, 0.2) is 47.8 Å². The molecule has 0 aliphatic rings. The summed E-state index contributed by atoms with van der Waals surface area (Å²) in [5.74, 6) is 0.758. The zero-order valence-electron chi connectivity index (χ0n) is 10.8. The second-order valence-corrected chi connectivity index (χ2v) is 5.06. The van der Waals surface area contributed by atoms with Crippen molar-refractivity contribution in [1.29, 1.82) is 5.26 Å². The van der Waals surface area contributed by atoms with Gasteiger partial charge in [0.1, 0.15) is 11.8 Å². The Balaban J connectivity index is 2.17. The van der Waals surface area contributed by atoms with E-state index in [2.05, 4.69) is 11.2 Å². The van der Waals surface area contributed by atoms with Crippen LogP contribution in [-0.2, 0) is 0 Å². The first-order valence-corrected chi connectivity index (χ1v) is 6.88. The first-order chi connectivity index (χ1) is 9.81. The molecule has 0 saturated carbocycles. The fourth-order valence-electron chi connectivity index (χ4n) is 1.97. The highest BCUT2D eigenvalue weighted by molar-refractivity contribution is 7.13. The lowest BCUT2D eigenvalue weighted by Gasteiger charge is -2.07. The zero-order valence-corrected chi connectivity index (χ0v) is 11.6. The Kier molecular flexibility index (Phi) is 3.23. The molecule has 2 heterocycles. The van der Waals surface area contributed by atoms with Crippen LogP contribution < -0.4 is 4.74 Å². The standard InChI is InChI=1S/C15H11N3OS/c1-19-13-5-2-4-12(9-13)18-14(8-11(10-16)17-18)15-6-3-7-20-15/h2-9H,1H3. The van der Waals surface area contributed by atoms with E-state index in [1.54, 1.807) is 29.2 Å². The molecule has 0 spiro atoms. The molecule has 20 heavy (non-hydrogen) atoms. The van der Waals surface area contributed by atoms with Gasteiger partial charge in [0, 0.05) is 12.1 Å². The average Bonchev–Trinajstić information content (AvgIpc) is 3.15. The van der Waals surface area contributed by atoms with E-state index in [1.807, 2.05) is 41.8 Å². The molecule has 5 heteroatoms. The van der Waals surface area contributed by atoms with Gasteiger partial charge >= 0.3 is 0 Å². The molecule has 0 saturated heterocycles. The Morgan fingerprint density at radius 3 is 2.85 bits per heavy atom. The van der Waals surface area contributed by atoms with Gasteiger partial charge < -0.3 is 4.74 Å². The van der Waals surface area contributed by atoms with Crippen molar-refractivity contribution in [3.63, 3.8) is 0 Å². The molecule has 1 aromatic carbocycles. The molecule has 3 aromatic rings. The number of nitrogens with zero attached hydrogens (tertiary/aromatic N) is 3. The molecule has 0 N–H and O–H groups in total. The van der Waals surface area contributed by atoms with Crippen LogP contribution in [0.5, 0.6) is 5.75 Å². The van der Waals surface area contributed by atoms with Crippen LogP contribution in [0.25, 0.3) is 16.3 Å². The van der Waals surface area contributed by atoms with Gasteiger partial charge in [0.05, 0.1) is 23.4 Å². The molecule has 98 valence electrons. The fraction of sp³-hybridized carbons (Fsp3) is 0.0667. The molecular formula is C15H11N3OS. The molecule has 0 aliphatic carbocycles. The molecule has 0 fully saturated rings. The Labute approximate surface area is 120 Å². The van der Waals surface area contributed by atoms with Crippen LogP contribution in [0.1, 0.15) is 5.69 Å². The average molecular weight is 281 g/mol. The van der Waals surface area contributed by atoms with Gasteiger partial charge in [0.25, 0.3) is 0 Å². The Morgan fingerprint density at radius 1 is 1.25 bits per heavy atom. The lowest BCUT2D eigenvalue weighted by molar-refractivity contribution is 0.414. The topological polar surface area (TPSA) is 50.8 Å². The predicted molar refractivity (Wildman–Crippen MR) is 78.1 cm³/mol. The number of hydrogen-bond acceptors (Lipinski definition) is 4. The molecule has 0 aliphatic heterocycles. The molecule has 2 aromatic heterocycles. The van der Waals surface area contributed by atoms with Gasteiger partial charge in [-0.1, -0.05) is 12.1 Å². The normalized spacial score (nSPS) is 10.2. The van der Waals surface area contributed by atoms with Crippen molar-refractivity contribution in [2.45, 2.75) is 0 Å². The smallest absolute Gasteiger partial charge is 0.163 e. The van der Waals surface area contributed by atoms with Gasteiger partial charge in [0.2, 0.25) is 0 Å². The lowest BCUT2D eigenvalue weighted by Crippen LogP contribution is -1.99. The summed E-state index contributed by atoms with van der Waals surface area (Å²) < 4.78 is 7.01. The zero-order chi connectivity index (χ0) is 13.9. The van der Waals surface area contributed by atoms with Crippen LogP contribution >= 0.6 is 11.3 Å². The Hall–Kier alpha value is -2.58. The third kappa shape index (κ3) is 2.17. The maximum Gasteiger partial charge on any atom is 0.163 e. The molecule has 4 nitrogen and oxygen atoms in total. The highest BCUT2D eigenvalue weighted by atomic mass is 32.1. The quantitative estimate of drug-likeness (QED) is 0.738. The number of nitriles is 1. The van der Waals surface area contributed by atoms with Crippen LogP contribution in [-0.4, -0.2) is 16.9 Å². The summed E-state index contributed by atoms with van der Waals surface area (Å²) in [5.41, 5.74) is 2.18. The molecule has 0 atom stereocenters. The minimum absolute atomic E-state index is 0.399. The number of benzene rings is 1. The number of hydrogen-bond donors (Lipinski definition) is 0. The maximum absolute atomic E-state index is 9.07. The van der Waals surface area contributed by atoms with Crippen LogP contribution in [0.4, 0.5) is 0 Å². The summed E-state index contributed by atoms with van der Waals surface area (Å²) in [6.45, 7) is 0. The third-order valence-corrected chi connectivity index (χ3v) is 3.79. The Morgan fingerprint density at radius 2 is 2.15 bits per heavy atom. The second kappa shape index (κ2) is 5.19. The molecular weight excluding hydrogens is 270 g/mol. The second-order valence-electron chi connectivity index (χ2n) is 4.12. The van der Waals surface area contributed by atoms with Gasteiger partial charge in [-0.2, -0.15) is 10.4 Å². The number of rotatable bonds is 3. The number of ether oxygens (including phenoxy) is 1. The highest BCUT2D eigenvalue weighted by Gasteiger charge is 2.12. The van der Waals surface area contributed by atoms with Crippen LogP contribution in [0.3, 0.4) is 0 Å². The van der Waals surface area contributed by atoms with Crippen molar-refractivity contribution < 1.29 is 4.74 Å². The van der Waals surface area contributed by atoms with Crippen LogP contribution in [0, 0.1) is 11.3 Å². The van der Waals surface area contributed by atoms with Gasteiger partial charge in [-0.25, -0.2) is 4.68 Å². The van der Waals surface area contributed by atoms with Crippen LogP contribution in [0.2, 0.25) is 0 Å². The number of thiophene rings is 1. The largest absolute Gasteiger partial charge is 0.497 e. The summed E-state index contributed by atoms with van der Waals surface area (Å²) in [6, 6.07) is 15.5. The van der Waals surface area contributed by atoms with Crippen molar-refractivity contribution in [3.8, 4) is 28.1 Å². The van der Waals surface area contributed by atoms with Crippen molar-refractivity contribution in [3.05, 3.63) is 53.5 Å². The monoisotopic (exact) mass is 281 g/mol. The highest BCUT2D eigenvalue weighted by Crippen LogP contribution is 2.28. The molecule has 0 radical (unpaired) electrons. The Bertz CT molecular complexity index is 769. The first kappa shape index (κ1) is 12.5. The summed E-state index contributed by atoms with van der Waals surface area (Å²) in [5, 5.41) is 15.4. The lowest BCUT2D eigenvalue weighted by atomic mass is 10.2. The maximum atomic E-state index is 9.07. The van der Waals surface area contributed by atoms with Gasteiger partial charge in [-0.15, -0.1) is 11.3 Å². The molecule has 0 unspecified atom stereocenters. The fourth-order valence-corrected chi connectivity index (χ4v) is 2.70. The van der Waals surface area contributed by atoms with Gasteiger partial charge in [-0.05, 0) is 23.6 Å². The van der Waals surface area contributed by atoms with E-state index in [9.17, 15) is 0 Å². The SMILES string of the molecule is COc1cccc(-n2nc(C#N)cc2-c2cccs2)c1. The van der Waals surface area contributed by atoms with Crippen molar-refractivity contribution in [2.75, 3.05) is 7.11 Å². The minimum atomic E-state index is 0.399. The third-order valence-electron chi connectivity index (χ3n) is 2.90. The molecule has 3 rings (SSSR count). The number of aromatic nitrogens is 2. The van der Waals surface area contributed by atoms with Crippen molar-refractivity contribution in [2.24, 2.45) is 0 Å². The van der Waals surface area contributed by atoms with E-state index in [0.29, 0.717) is 5.69 Å². The summed E-state index contributed by atoms with van der Waals surface area (Å²) in [4.78, 5) is 1.07. The van der Waals surface area contributed by atoms with Gasteiger partial charge in [0.15, 0.2) is 5.69 Å². The summed E-state index contributed by atoms with van der Waals surface area (Å²) in [7, 11) is 1.63. The minimum Gasteiger partial charge on any atom is -0.497 e. The van der Waals surface area contributed by atoms with E-state index >= 15 is 0 Å². The number of methoxy groups -OCH3 is 1. The van der Waals surface area contributed by atoms with E-state index in [-0.39, 0.29) is 0 Å². The molecule has 0 amide bonds. The van der Waals surface area contributed by atoms with Crippen molar-refractivity contribution in [1.82, 2.24) is 9.78 Å². The summed E-state index contributed by atoms with van der Waals surface area (Å²) >= 11 is 1.62. The van der Waals surface area contributed by atoms with Gasteiger partial charge in [-0.3, -0.25) is 0 Å². The van der Waals surface area contributed by atoms with E-state index < -0.39 is 0 Å².